The first-order valence-corrected chi connectivity index (χ1v) is 8.40. The molecule has 1 aromatic carbocycles. The van der Waals surface area contributed by atoms with Crippen molar-refractivity contribution in [1.29, 1.82) is 0 Å². The number of benzene rings is 1. The number of nitrogens with zero attached hydrogens (tertiary/aromatic N) is 1. The lowest BCUT2D eigenvalue weighted by molar-refractivity contribution is -0.149. The molecule has 24 heavy (non-hydrogen) atoms. The Morgan fingerprint density at radius 1 is 1.33 bits per heavy atom. The first-order chi connectivity index (χ1) is 11.5. The Hall–Kier alpha value is -2.08. The van der Waals surface area contributed by atoms with Gasteiger partial charge in [-0.05, 0) is 51.9 Å². The third-order valence-electron chi connectivity index (χ3n) is 4.41. The molecule has 1 N–H and O–H groups in total. The van der Waals surface area contributed by atoms with Gasteiger partial charge in [0.15, 0.2) is 0 Å². The van der Waals surface area contributed by atoms with Crippen LogP contribution in [0.2, 0.25) is 0 Å². The van der Waals surface area contributed by atoms with Crippen LogP contribution in [0.15, 0.2) is 24.3 Å². The van der Waals surface area contributed by atoms with Crippen molar-refractivity contribution in [2.45, 2.75) is 32.7 Å². The van der Waals surface area contributed by atoms with E-state index in [1.54, 1.807) is 13.2 Å². The van der Waals surface area contributed by atoms with E-state index in [0.29, 0.717) is 18.0 Å². The Bertz CT molecular complexity index is 568. The maximum atomic E-state index is 12.4. The monoisotopic (exact) mass is 334 g/mol. The summed E-state index contributed by atoms with van der Waals surface area (Å²) in [6.45, 7) is 5.56. The van der Waals surface area contributed by atoms with E-state index in [2.05, 4.69) is 10.2 Å². The standard InChI is InChI=1S/C18H26N2O4/c1-4-24-18(22)14-8-10-20(11-9-14)13(2)17(21)19-15-6-5-7-16(12-15)23-3/h5-7,12-14H,4,8-11H2,1-3H3,(H,19,21)/t13-/m0/s1. The van der Waals surface area contributed by atoms with Crippen molar-refractivity contribution in [2.24, 2.45) is 5.92 Å². The number of anilines is 1. The Balaban J connectivity index is 1.86. The molecular weight excluding hydrogens is 308 g/mol. The fraction of sp³-hybridized carbons (Fsp3) is 0.556. The van der Waals surface area contributed by atoms with Crippen molar-refractivity contribution < 1.29 is 19.1 Å². The zero-order valence-electron chi connectivity index (χ0n) is 14.6. The van der Waals surface area contributed by atoms with Crippen LogP contribution in [0.25, 0.3) is 0 Å². The summed E-state index contributed by atoms with van der Waals surface area (Å²) >= 11 is 0. The van der Waals surface area contributed by atoms with E-state index in [0.717, 1.165) is 25.9 Å². The molecule has 1 heterocycles. The van der Waals surface area contributed by atoms with Crippen LogP contribution in [-0.2, 0) is 14.3 Å². The van der Waals surface area contributed by atoms with Gasteiger partial charge in [-0.3, -0.25) is 14.5 Å². The van der Waals surface area contributed by atoms with Crippen molar-refractivity contribution in [3.63, 3.8) is 0 Å². The number of nitrogens with one attached hydrogen (secondary N) is 1. The van der Waals surface area contributed by atoms with E-state index in [-0.39, 0.29) is 23.8 Å². The Labute approximate surface area is 143 Å². The number of rotatable bonds is 6. The van der Waals surface area contributed by atoms with Gasteiger partial charge >= 0.3 is 5.97 Å². The van der Waals surface area contributed by atoms with E-state index < -0.39 is 0 Å². The second kappa shape index (κ2) is 8.68. The normalized spacial score (nSPS) is 17.1. The predicted octanol–water partition coefficient (Wildman–Crippen LogP) is 2.30. The average molecular weight is 334 g/mol. The molecule has 0 spiro atoms. The van der Waals surface area contributed by atoms with Crippen LogP contribution >= 0.6 is 0 Å². The number of carbonyl (C=O) groups is 2. The van der Waals surface area contributed by atoms with Gasteiger partial charge in [0.1, 0.15) is 5.75 Å². The fourth-order valence-corrected chi connectivity index (χ4v) is 2.90. The number of piperidine rings is 1. The van der Waals surface area contributed by atoms with Crippen molar-refractivity contribution >= 4 is 17.6 Å². The van der Waals surface area contributed by atoms with Gasteiger partial charge in [0.2, 0.25) is 5.91 Å². The second-order valence-electron chi connectivity index (χ2n) is 5.96. The van der Waals surface area contributed by atoms with Gasteiger partial charge in [-0.1, -0.05) is 6.07 Å². The zero-order valence-corrected chi connectivity index (χ0v) is 14.6. The van der Waals surface area contributed by atoms with Crippen molar-refractivity contribution in [2.75, 3.05) is 32.1 Å². The Morgan fingerprint density at radius 3 is 2.67 bits per heavy atom. The largest absolute Gasteiger partial charge is 0.497 e. The van der Waals surface area contributed by atoms with Gasteiger partial charge < -0.3 is 14.8 Å². The Kier molecular flexibility index (Phi) is 6.61. The fourth-order valence-electron chi connectivity index (χ4n) is 2.90. The van der Waals surface area contributed by atoms with Gasteiger partial charge in [-0.15, -0.1) is 0 Å². The van der Waals surface area contributed by atoms with E-state index in [4.69, 9.17) is 9.47 Å². The van der Waals surface area contributed by atoms with Crippen LogP contribution in [0.4, 0.5) is 5.69 Å². The number of amides is 1. The van der Waals surface area contributed by atoms with Crippen LogP contribution in [-0.4, -0.2) is 49.6 Å². The molecule has 2 rings (SSSR count). The van der Waals surface area contributed by atoms with Gasteiger partial charge in [-0.25, -0.2) is 0 Å². The number of methoxy groups -OCH3 is 1. The highest BCUT2D eigenvalue weighted by Crippen LogP contribution is 2.22. The molecule has 1 atom stereocenters. The first kappa shape index (κ1) is 18.3. The van der Waals surface area contributed by atoms with E-state index in [9.17, 15) is 9.59 Å². The number of ether oxygens (including phenoxy) is 2. The minimum atomic E-state index is -0.251. The minimum absolute atomic E-state index is 0.0464. The third-order valence-corrected chi connectivity index (χ3v) is 4.41. The minimum Gasteiger partial charge on any atom is -0.497 e. The lowest BCUT2D eigenvalue weighted by atomic mass is 9.96. The number of hydrogen-bond donors (Lipinski definition) is 1. The lowest BCUT2D eigenvalue weighted by Gasteiger charge is -2.34. The molecule has 6 nitrogen and oxygen atoms in total. The quantitative estimate of drug-likeness (QED) is 0.809. The number of carbonyl (C=O) groups excluding carboxylic acids is 2. The maximum absolute atomic E-state index is 12.4. The van der Waals surface area contributed by atoms with E-state index in [1.807, 2.05) is 32.0 Å². The smallest absolute Gasteiger partial charge is 0.309 e. The topological polar surface area (TPSA) is 67.9 Å². The summed E-state index contributed by atoms with van der Waals surface area (Å²) < 4.78 is 10.2. The Morgan fingerprint density at radius 2 is 2.04 bits per heavy atom. The summed E-state index contributed by atoms with van der Waals surface area (Å²) in [6.07, 6.45) is 1.46. The maximum Gasteiger partial charge on any atom is 0.309 e. The van der Waals surface area contributed by atoms with Crippen LogP contribution in [0.5, 0.6) is 5.75 Å². The van der Waals surface area contributed by atoms with Crippen molar-refractivity contribution in [3.05, 3.63) is 24.3 Å². The van der Waals surface area contributed by atoms with Gasteiger partial charge in [-0.2, -0.15) is 0 Å². The summed E-state index contributed by atoms with van der Waals surface area (Å²) in [5.74, 6) is 0.481. The molecule has 1 saturated heterocycles. The molecule has 1 amide bonds. The summed E-state index contributed by atoms with van der Waals surface area (Å²) in [5.41, 5.74) is 0.715. The van der Waals surface area contributed by atoms with Crippen molar-refractivity contribution in [1.82, 2.24) is 4.90 Å². The summed E-state index contributed by atoms with van der Waals surface area (Å²) in [7, 11) is 1.59. The molecule has 132 valence electrons. The summed E-state index contributed by atoms with van der Waals surface area (Å²) in [5, 5.41) is 2.92. The van der Waals surface area contributed by atoms with Crippen LogP contribution in [0.3, 0.4) is 0 Å². The molecule has 1 aromatic rings. The van der Waals surface area contributed by atoms with Crippen LogP contribution in [0, 0.1) is 5.92 Å². The molecule has 0 aromatic heterocycles. The van der Waals surface area contributed by atoms with Crippen molar-refractivity contribution in [3.8, 4) is 5.75 Å². The molecule has 0 saturated carbocycles. The highest BCUT2D eigenvalue weighted by Gasteiger charge is 2.30. The van der Waals surface area contributed by atoms with E-state index in [1.165, 1.54) is 0 Å². The molecule has 0 bridgehead atoms. The molecule has 0 unspecified atom stereocenters. The zero-order chi connectivity index (χ0) is 17.5. The highest BCUT2D eigenvalue weighted by atomic mass is 16.5. The highest BCUT2D eigenvalue weighted by molar-refractivity contribution is 5.94. The molecule has 0 aliphatic carbocycles. The predicted molar refractivity (Wildman–Crippen MR) is 92.0 cm³/mol. The molecule has 0 radical (unpaired) electrons. The molecule has 1 aliphatic rings. The second-order valence-corrected chi connectivity index (χ2v) is 5.96. The average Bonchev–Trinajstić information content (AvgIpc) is 2.61. The molecule has 1 aliphatic heterocycles. The number of likely N-dealkylation sites (tertiary alicyclic amines) is 1. The number of esters is 1. The molecular formula is C18H26N2O4. The SMILES string of the molecule is CCOC(=O)C1CCN([C@@H](C)C(=O)Nc2cccc(OC)c2)CC1. The molecule has 1 fully saturated rings. The first-order valence-electron chi connectivity index (χ1n) is 8.40. The van der Waals surface area contributed by atoms with Gasteiger partial charge in [0.25, 0.3) is 0 Å². The third kappa shape index (κ3) is 4.71. The van der Waals surface area contributed by atoms with Gasteiger partial charge in [0.05, 0.1) is 25.7 Å². The van der Waals surface area contributed by atoms with Crippen LogP contribution < -0.4 is 10.1 Å². The number of hydrogen-bond acceptors (Lipinski definition) is 5. The summed E-state index contributed by atoms with van der Waals surface area (Å²) in [4.78, 5) is 26.3. The molecule has 6 heteroatoms. The summed E-state index contributed by atoms with van der Waals surface area (Å²) in [6, 6.07) is 7.04. The van der Waals surface area contributed by atoms with Gasteiger partial charge in [0, 0.05) is 11.8 Å². The lowest BCUT2D eigenvalue weighted by Crippen LogP contribution is -2.47. The van der Waals surface area contributed by atoms with E-state index >= 15 is 0 Å². The van der Waals surface area contributed by atoms with Crippen LogP contribution in [0.1, 0.15) is 26.7 Å².